The summed E-state index contributed by atoms with van der Waals surface area (Å²) in [5, 5.41) is 12.1. The number of likely N-dealkylation sites (tertiary alicyclic amines) is 1. The van der Waals surface area contributed by atoms with Crippen molar-refractivity contribution in [2.75, 3.05) is 54.4 Å². The average Bonchev–Trinajstić information content (AvgIpc) is 3.62. The van der Waals surface area contributed by atoms with Crippen LogP contribution in [-0.4, -0.2) is 71.7 Å². The number of unbranched alkanes of at least 4 members (excludes halogenated alkanes) is 1. The van der Waals surface area contributed by atoms with Gasteiger partial charge in [-0.3, -0.25) is 14.4 Å². The molecule has 2 amide bonds. The molecule has 2 aliphatic heterocycles. The van der Waals surface area contributed by atoms with Crippen LogP contribution in [0.3, 0.4) is 0 Å². The standard InChI is InChI=1S/C32H35N7O4/c33-19-22-6-11-29(34-20-22)38-16-14-37(15-17-38)27-10-9-24(28(40)4-1-2-12-39-13-3-5-30(39)41)18-25(27)35-31(42)26-21-43-32(36-26)23-7-8-23/h6,9-11,18,20-21,23H,1-5,7-8,12-17H2,(H,35,42). The van der Waals surface area contributed by atoms with Crippen molar-refractivity contribution in [3.8, 4) is 6.07 Å². The molecule has 11 nitrogen and oxygen atoms in total. The van der Waals surface area contributed by atoms with Crippen LogP contribution in [-0.2, 0) is 4.79 Å². The molecule has 6 rings (SSSR count). The van der Waals surface area contributed by atoms with Crippen molar-refractivity contribution in [2.24, 2.45) is 0 Å². The second-order valence-corrected chi connectivity index (χ2v) is 11.4. The van der Waals surface area contributed by atoms with Crippen molar-refractivity contribution >= 4 is 34.8 Å². The van der Waals surface area contributed by atoms with E-state index in [0.29, 0.717) is 80.6 Å². The highest BCUT2D eigenvalue weighted by atomic mass is 16.3. The summed E-state index contributed by atoms with van der Waals surface area (Å²) in [5.74, 6) is 1.54. The topological polar surface area (TPSA) is 136 Å². The molecule has 3 aromatic rings. The molecule has 0 atom stereocenters. The van der Waals surface area contributed by atoms with E-state index in [1.807, 2.05) is 23.1 Å². The number of piperazine rings is 1. The summed E-state index contributed by atoms with van der Waals surface area (Å²) < 4.78 is 5.53. The van der Waals surface area contributed by atoms with Gasteiger partial charge in [-0.15, -0.1) is 0 Å². The number of ketones is 1. The minimum absolute atomic E-state index is 0.00367. The molecule has 222 valence electrons. The first kappa shape index (κ1) is 28.4. The van der Waals surface area contributed by atoms with Crippen molar-refractivity contribution in [1.29, 1.82) is 5.26 Å². The van der Waals surface area contributed by atoms with Gasteiger partial charge in [0.2, 0.25) is 5.91 Å². The first-order valence-electron chi connectivity index (χ1n) is 15.1. The van der Waals surface area contributed by atoms with Crippen LogP contribution in [0.15, 0.2) is 47.2 Å². The van der Waals surface area contributed by atoms with Gasteiger partial charge in [-0.25, -0.2) is 9.97 Å². The number of amides is 2. The molecule has 1 saturated carbocycles. The van der Waals surface area contributed by atoms with Gasteiger partial charge in [0, 0.05) is 69.8 Å². The Morgan fingerprint density at radius 2 is 1.86 bits per heavy atom. The fourth-order valence-electron chi connectivity index (χ4n) is 5.67. The molecule has 0 unspecified atom stereocenters. The van der Waals surface area contributed by atoms with Gasteiger partial charge < -0.3 is 24.4 Å². The van der Waals surface area contributed by atoms with Crippen LogP contribution in [0, 0.1) is 11.3 Å². The van der Waals surface area contributed by atoms with E-state index in [9.17, 15) is 14.4 Å². The minimum Gasteiger partial charge on any atom is -0.448 e. The molecular weight excluding hydrogens is 546 g/mol. The Morgan fingerprint density at radius 1 is 1.05 bits per heavy atom. The zero-order chi connectivity index (χ0) is 29.8. The van der Waals surface area contributed by atoms with Crippen molar-refractivity contribution in [3.05, 3.63) is 65.5 Å². The summed E-state index contributed by atoms with van der Waals surface area (Å²) >= 11 is 0. The van der Waals surface area contributed by atoms with E-state index in [2.05, 4.69) is 31.2 Å². The molecule has 0 bridgehead atoms. The molecule has 11 heteroatoms. The van der Waals surface area contributed by atoms with E-state index < -0.39 is 0 Å². The lowest BCUT2D eigenvalue weighted by atomic mass is 10.0. The second kappa shape index (κ2) is 12.7. The maximum absolute atomic E-state index is 13.2. The summed E-state index contributed by atoms with van der Waals surface area (Å²) in [6.07, 6.45) is 8.41. The van der Waals surface area contributed by atoms with Crippen LogP contribution < -0.4 is 15.1 Å². The lowest BCUT2D eigenvalue weighted by Gasteiger charge is -2.37. The fraction of sp³-hybridized carbons (Fsp3) is 0.438. The number of rotatable bonds is 11. The monoisotopic (exact) mass is 581 g/mol. The Labute approximate surface area is 250 Å². The smallest absolute Gasteiger partial charge is 0.277 e. The molecule has 1 N–H and O–H groups in total. The number of nitrogens with zero attached hydrogens (tertiary/aromatic N) is 6. The third kappa shape index (κ3) is 6.69. The first-order valence-corrected chi connectivity index (χ1v) is 15.1. The van der Waals surface area contributed by atoms with Gasteiger partial charge in [0.15, 0.2) is 17.4 Å². The summed E-state index contributed by atoms with van der Waals surface area (Å²) in [7, 11) is 0. The first-order chi connectivity index (χ1) is 21.0. The Balaban J connectivity index is 1.14. The van der Waals surface area contributed by atoms with Crippen LogP contribution in [0.1, 0.15) is 83.2 Å². The third-order valence-electron chi connectivity index (χ3n) is 8.32. The number of benzene rings is 1. The van der Waals surface area contributed by atoms with Crippen LogP contribution in [0.25, 0.3) is 0 Å². The number of hydrogen-bond acceptors (Lipinski definition) is 9. The van der Waals surface area contributed by atoms with E-state index in [1.165, 1.54) is 6.26 Å². The van der Waals surface area contributed by atoms with Crippen LogP contribution in [0.5, 0.6) is 0 Å². The fourth-order valence-corrected chi connectivity index (χ4v) is 5.67. The number of anilines is 3. The van der Waals surface area contributed by atoms with E-state index in [0.717, 1.165) is 43.7 Å². The summed E-state index contributed by atoms with van der Waals surface area (Å²) in [4.78, 5) is 53.3. The number of nitrogens with one attached hydrogen (secondary N) is 1. The van der Waals surface area contributed by atoms with Crippen LogP contribution in [0.4, 0.5) is 17.2 Å². The number of oxazole rings is 1. The van der Waals surface area contributed by atoms with Crippen molar-refractivity contribution < 1.29 is 18.8 Å². The predicted molar refractivity (Wildman–Crippen MR) is 160 cm³/mol. The molecule has 0 radical (unpaired) electrons. The molecule has 2 saturated heterocycles. The largest absolute Gasteiger partial charge is 0.448 e. The summed E-state index contributed by atoms with van der Waals surface area (Å²) in [6, 6.07) is 11.2. The molecule has 1 aliphatic carbocycles. The van der Waals surface area contributed by atoms with E-state index in [4.69, 9.17) is 9.68 Å². The number of carbonyl (C=O) groups is 3. The zero-order valence-electron chi connectivity index (χ0n) is 24.1. The zero-order valence-corrected chi connectivity index (χ0v) is 24.1. The third-order valence-corrected chi connectivity index (χ3v) is 8.32. The number of carbonyl (C=O) groups excluding carboxylic acids is 3. The van der Waals surface area contributed by atoms with Gasteiger partial charge in [0.25, 0.3) is 5.91 Å². The van der Waals surface area contributed by atoms with Crippen molar-refractivity contribution in [2.45, 2.75) is 50.9 Å². The highest BCUT2D eigenvalue weighted by Crippen LogP contribution is 2.39. The van der Waals surface area contributed by atoms with Crippen molar-refractivity contribution in [1.82, 2.24) is 14.9 Å². The summed E-state index contributed by atoms with van der Waals surface area (Å²) in [5.41, 5.74) is 2.67. The highest BCUT2D eigenvalue weighted by molar-refractivity contribution is 6.06. The van der Waals surface area contributed by atoms with Gasteiger partial charge in [-0.2, -0.15) is 5.26 Å². The molecule has 3 fully saturated rings. The Bertz CT molecular complexity index is 1530. The predicted octanol–water partition coefficient (Wildman–Crippen LogP) is 4.37. The van der Waals surface area contributed by atoms with Crippen molar-refractivity contribution in [3.63, 3.8) is 0 Å². The highest BCUT2D eigenvalue weighted by Gasteiger charge is 2.30. The lowest BCUT2D eigenvalue weighted by Crippen LogP contribution is -2.47. The summed E-state index contributed by atoms with van der Waals surface area (Å²) in [6.45, 7) is 4.28. The minimum atomic E-state index is -0.378. The SMILES string of the molecule is N#Cc1ccc(N2CCN(c3ccc(C(=O)CCCCN4CCCC4=O)cc3NC(=O)c3coc(C4CC4)n3)CC2)nc1. The van der Waals surface area contributed by atoms with Crippen LogP contribution >= 0.6 is 0 Å². The normalized spacial score (nSPS) is 16.8. The van der Waals surface area contributed by atoms with Gasteiger partial charge >= 0.3 is 0 Å². The Morgan fingerprint density at radius 3 is 2.56 bits per heavy atom. The number of aromatic nitrogens is 2. The number of pyridine rings is 1. The number of hydrogen-bond donors (Lipinski definition) is 1. The lowest BCUT2D eigenvalue weighted by molar-refractivity contribution is -0.127. The average molecular weight is 582 g/mol. The molecule has 1 aromatic carbocycles. The Kier molecular flexibility index (Phi) is 8.36. The van der Waals surface area contributed by atoms with Gasteiger partial charge in [-0.1, -0.05) is 0 Å². The van der Waals surface area contributed by atoms with E-state index in [-0.39, 0.29) is 23.3 Å². The number of nitriles is 1. The second-order valence-electron chi connectivity index (χ2n) is 11.4. The van der Waals surface area contributed by atoms with Gasteiger partial charge in [0.05, 0.1) is 16.9 Å². The molecule has 3 aliphatic rings. The van der Waals surface area contributed by atoms with Crippen LogP contribution in [0.2, 0.25) is 0 Å². The maximum atomic E-state index is 13.2. The quantitative estimate of drug-likeness (QED) is 0.259. The molecule has 43 heavy (non-hydrogen) atoms. The van der Waals surface area contributed by atoms with E-state index >= 15 is 0 Å². The molecular formula is C32H35N7O4. The van der Waals surface area contributed by atoms with Gasteiger partial charge in [-0.05, 0) is 62.4 Å². The maximum Gasteiger partial charge on any atom is 0.277 e. The van der Waals surface area contributed by atoms with E-state index in [1.54, 1.807) is 18.3 Å². The Hall–Kier alpha value is -4.72. The molecule has 0 spiro atoms. The van der Waals surface area contributed by atoms with Gasteiger partial charge in [0.1, 0.15) is 18.2 Å². The number of Topliss-reactive ketones (excluding diaryl/α,β-unsaturated/α-hetero) is 1. The molecule has 4 heterocycles. The molecule has 2 aromatic heterocycles.